The van der Waals surface area contributed by atoms with Gasteiger partial charge in [-0.3, -0.25) is 4.79 Å². The Morgan fingerprint density at radius 2 is 2.15 bits per heavy atom. The van der Waals surface area contributed by atoms with E-state index in [4.69, 9.17) is 0 Å². The quantitative estimate of drug-likeness (QED) is 0.864. The number of halogens is 1. The number of nitrogens with one attached hydrogen (secondary N) is 1. The molecule has 0 aromatic heterocycles. The van der Waals surface area contributed by atoms with Crippen molar-refractivity contribution in [2.24, 2.45) is 0 Å². The Morgan fingerprint density at radius 3 is 2.75 bits per heavy atom. The van der Waals surface area contributed by atoms with E-state index in [0.717, 1.165) is 43.4 Å². The Morgan fingerprint density at radius 1 is 1.40 bits per heavy atom. The van der Waals surface area contributed by atoms with Crippen LogP contribution in [0.3, 0.4) is 0 Å². The highest BCUT2D eigenvalue weighted by Crippen LogP contribution is 2.15. The molecule has 1 aliphatic heterocycles. The molecule has 0 radical (unpaired) electrons. The average molecular weight is 339 g/mol. The summed E-state index contributed by atoms with van der Waals surface area (Å²) in [5.74, 6) is 0.295. The summed E-state index contributed by atoms with van der Waals surface area (Å²) >= 11 is 3.43. The number of rotatable bonds is 6. The number of benzene rings is 1. The smallest absolute Gasteiger partial charge is 0.223 e. The fourth-order valence-electron chi connectivity index (χ4n) is 2.70. The van der Waals surface area contributed by atoms with Crippen molar-refractivity contribution >= 4 is 21.8 Å². The molecule has 0 bridgehead atoms. The summed E-state index contributed by atoms with van der Waals surface area (Å²) in [5.41, 5.74) is 1.22. The summed E-state index contributed by atoms with van der Waals surface area (Å²) in [6.45, 7) is 5.00. The van der Waals surface area contributed by atoms with Gasteiger partial charge in [-0.1, -0.05) is 35.0 Å². The summed E-state index contributed by atoms with van der Waals surface area (Å²) in [5, 5.41) is 3.35. The van der Waals surface area contributed by atoms with Crippen LogP contribution in [0.5, 0.6) is 0 Å². The van der Waals surface area contributed by atoms with Crippen LogP contribution < -0.4 is 5.32 Å². The van der Waals surface area contributed by atoms with Crippen LogP contribution in [0.2, 0.25) is 0 Å². The molecule has 110 valence electrons. The third kappa shape index (κ3) is 4.32. The highest BCUT2D eigenvalue weighted by atomic mass is 79.9. The summed E-state index contributed by atoms with van der Waals surface area (Å²) in [6.07, 6.45) is 3.55. The van der Waals surface area contributed by atoms with Crippen molar-refractivity contribution in [1.29, 1.82) is 0 Å². The third-order valence-electron chi connectivity index (χ3n) is 3.80. The van der Waals surface area contributed by atoms with Crippen LogP contribution in [0, 0.1) is 0 Å². The Balaban J connectivity index is 1.89. The molecule has 0 aliphatic carbocycles. The largest absolute Gasteiger partial charge is 0.338 e. The second-order valence-electron chi connectivity index (χ2n) is 5.36. The van der Waals surface area contributed by atoms with E-state index in [1.165, 1.54) is 5.56 Å². The fourth-order valence-corrected chi connectivity index (χ4v) is 2.97. The van der Waals surface area contributed by atoms with Crippen LogP contribution in [0.4, 0.5) is 0 Å². The molecule has 1 saturated heterocycles. The zero-order valence-corrected chi connectivity index (χ0v) is 13.7. The monoisotopic (exact) mass is 338 g/mol. The maximum atomic E-state index is 12.4. The van der Waals surface area contributed by atoms with Gasteiger partial charge in [0.15, 0.2) is 0 Å². The fraction of sp³-hybridized carbons (Fsp3) is 0.562. The van der Waals surface area contributed by atoms with Crippen LogP contribution >= 0.6 is 15.9 Å². The minimum Gasteiger partial charge on any atom is -0.338 e. The predicted octanol–water partition coefficient (Wildman–Crippen LogP) is 2.98. The van der Waals surface area contributed by atoms with Crippen molar-refractivity contribution < 1.29 is 4.79 Å². The van der Waals surface area contributed by atoms with Crippen LogP contribution in [-0.2, 0) is 11.2 Å². The van der Waals surface area contributed by atoms with Gasteiger partial charge in [-0.05, 0) is 43.5 Å². The average Bonchev–Trinajstić information content (AvgIpc) is 2.97. The van der Waals surface area contributed by atoms with E-state index in [9.17, 15) is 4.79 Å². The number of hydrogen-bond acceptors (Lipinski definition) is 2. The van der Waals surface area contributed by atoms with E-state index in [1.54, 1.807) is 0 Å². The number of nitrogens with zero attached hydrogens (tertiary/aromatic N) is 1. The van der Waals surface area contributed by atoms with Gasteiger partial charge in [0.2, 0.25) is 5.91 Å². The van der Waals surface area contributed by atoms with Crippen LogP contribution in [0.25, 0.3) is 0 Å². The van der Waals surface area contributed by atoms with E-state index in [-0.39, 0.29) is 0 Å². The minimum absolute atomic E-state index is 0.295. The summed E-state index contributed by atoms with van der Waals surface area (Å²) in [7, 11) is 0. The normalized spacial score (nSPS) is 18.2. The molecule has 1 unspecified atom stereocenters. The number of amides is 1. The lowest BCUT2D eigenvalue weighted by Crippen LogP contribution is -2.42. The molecule has 1 heterocycles. The summed E-state index contributed by atoms with van der Waals surface area (Å²) in [4.78, 5) is 14.5. The first kappa shape index (κ1) is 15.5. The maximum absolute atomic E-state index is 12.4. The van der Waals surface area contributed by atoms with Crippen molar-refractivity contribution in [1.82, 2.24) is 10.2 Å². The Bertz CT molecular complexity index is 427. The number of carbonyl (C=O) groups excluding carboxylic acids is 1. The van der Waals surface area contributed by atoms with Crippen molar-refractivity contribution in [3.63, 3.8) is 0 Å². The van der Waals surface area contributed by atoms with Gasteiger partial charge in [-0.15, -0.1) is 0 Å². The molecule has 1 amide bonds. The van der Waals surface area contributed by atoms with Crippen molar-refractivity contribution in [3.05, 3.63) is 34.3 Å². The van der Waals surface area contributed by atoms with Gasteiger partial charge in [0.1, 0.15) is 0 Å². The highest BCUT2D eigenvalue weighted by molar-refractivity contribution is 9.10. The molecule has 1 aromatic carbocycles. The Kier molecular flexibility index (Phi) is 6.05. The number of aryl methyl sites for hydroxylation is 1. The molecule has 1 aliphatic rings. The second-order valence-corrected chi connectivity index (χ2v) is 6.28. The predicted molar refractivity (Wildman–Crippen MR) is 85.7 cm³/mol. The van der Waals surface area contributed by atoms with Crippen molar-refractivity contribution in [3.8, 4) is 0 Å². The first-order valence-electron chi connectivity index (χ1n) is 7.45. The second kappa shape index (κ2) is 7.79. The molecule has 0 saturated carbocycles. The molecular formula is C16H23BrN2O. The van der Waals surface area contributed by atoms with Gasteiger partial charge >= 0.3 is 0 Å². The first-order valence-corrected chi connectivity index (χ1v) is 8.24. The van der Waals surface area contributed by atoms with Gasteiger partial charge in [-0.2, -0.15) is 0 Å². The molecule has 1 atom stereocenters. The zero-order chi connectivity index (χ0) is 14.4. The van der Waals surface area contributed by atoms with E-state index in [1.807, 2.05) is 12.1 Å². The van der Waals surface area contributed by atoms with Gasteiger partial charge in [-0.25, -0.2) is 0 Å². The molecule has 1 aromatic rings. The minimum atomic E-state index is 0.295. The molecule has 1 fully saturated rings. The van der Waals surface area contributed by atoms with Crippen LogP contribution in [0.1, 0.15) is 31.7 Å². The number of hydrogen-bond donors (Lipinski definition) is 1. The standard InChI is InChI=1S/C16H23BrN2O/c1-2-11-19(15-9-10-18-12-15)16(20)8-5-13-3-6-14(17)7-4-13/h3-4,6-7,15,18H,2,5,8-12H2,1H3. The lowest BCUT2D eigenvalue weighted by Gasteiger charge is -2.28. The molecule has 4 heteroatoms. The summed E-state index contributed by atoms with van der Waals surface area (Å²) in [6, 6.07) is 8.62. The van der Waals surface area contributed by atoms with E-state index < -0.39 is 0 Å². The molecule has 1 N–H and O–H groups in total. The van der Waals surface area contributed by atoms with Crippen LogP contribution in [0.15, 0.2) is 28.7 Å². The highest BCUT2D eigenvalue weighted by Gasteiger charge is 2.25. The van der Waals surface area contributed by atoms with Gasteiger partial charge < -0.3 is 10.2 Å². The number of carbonyl (C=O) groups is 1. The van der Waals surface area contributed by atoms with Gasteiger partial charge in [0.05, 0.1) is 0 Å². The van der Waals surface area contributed by atoms with Gasteiger partial charge in [0, 0.05) is 30.0 Å². The molecule has 0 spiro atoms. The molecule has 3 nitrogen and oxygen atoms in total. The Hall–Kier alpha value is -0.870. The van der Waals surface area contributed by atoms with Gasteiger partial charge in [0.25, 0.3) is 0 Å². The molecule has 2 rings (SSSR count). The van der Waals surface area contributed by atoms with Crippen molar-refractivity contribution in [2.75, 3.05) is 19.6 Å². The maximum Gasteiger partial charge on any atom is 0.223 e. The zero-order valence-electron chi connectivity index (χ0n) is 12.1. The molecular weight excluding hydrogens is 316 g/mol. The SMILES string of the molecule is CCCN(C(=O)CCc1ccc(Br)cc1)C1CCNC1. The third-order valence-corrected chi connectivity index (χ3v) is 4.33. The van der Waals surface area contributed by atoms with E-state index in [2.05, 4.69) is 45.2 Å². The van der Waals surface area contributed by atoms with Crippen LogP contribution in [-0.4, -0.2) is 36.5 Å². The lowest BCUT2D eigenvalue weighted by atomic mass is 10.1. The van der Waals surface area contributed by atoms with Crippen molar-refractivity contribution in [2.45, 2.75) is 38.6 Å². The first-order chi connectivity index (χ1) is 9.70. The van der Waals surface area contributed by atoms with E-state index >= 15 is 0 Å². The van der Waals surface area contributed by atoms with E-state index in [0.29, 0.717) is 18.4 Å². The topological polar surface area (TPSA) is 32.3 Å². The lowest BCUT2D eigenvalue weighted by molar-refractivity contribution is -0.133. The summed E-state index contributed by atoms with van der Waals surface area (Å²) < 4.78 is 1.08. The molecule has 20 heavy (non-hydrogen) atoms. The Labute approximate surface area is 129 Å².